The van der Waals surface area contributed by atoms with E-state index in [9.17, 15) is 4.79 Å². The molecule has 3 aromatic rings. The Hall–Kier alpha value is -3.02. The number of ether oxygens (including phenoxy) is 1. The van der Waals surface area contributed by atoms with Crippen LogP contribution in [0.25, 0.3) is 6.08 Å². The average Bonchev–Trinajstić information content (AvgIpc) is 3.03. The van der Waals surface area contributed by atoms with E-state index in [-0.39, 0.29) is 11.1 Å². The van der Waals surface area contributed by atoms with Crippen molar-refractivity contribution in [3.05, 3.63) is 99.4 Å². The summed E-state index contributed by atoms with van der Waals surface area (Å²) >= 11 is 7.34. The lowest BCUT2D eigenvalue weighted by Crippen LogP contribution is -2.28. The van der Waals surface area contributed by atoms with Crippen molar-refractivity contribution in [2.45, 2.75) is 13.5 Å². The number of rotatable bonds is 5. The van der Waals surface area contributed by atoms with E-state index >= 15 is 0 Å². The molecule has 0 unspecified atom stereocenters. The van der Waals surface area contributed by atoms with Crippen molar-refractivity contribution in [2.24, 2.45) is 0 Å². The second-order valence-electron chi connectivity index (χ2n) is 6.78. The van der Waals surface area contributed by atoms with E-state index in [0.29, 0.717) is 22.2 Å². The molecular formula is C24H19ClN2O2S. The van der Waals surface area contributed by atoms with Crippen LogP contribution in [0.5, 0.6) is 5.75 Å². The Kier molecular flexibility index (Phi) is 5.93. The van der Waals surface area contributed by atoms with Gasteiger partial charge in [-0.05, 0) is 65.7 Å². The van der Waals surface area contributed by atoms with E-state index in [0.717, 1.165) is 34.2 Å². The number of hydrogen-bond donors (Lipinski definition) is 1. The van der Waals surface area contributed by atoms with Gasteiger partial charge in [-0.3, -0.25) is 15.1 Å². The van der Waals surface area contributed by atoms with Gasteiger partial charge in [-0.25, -0.2) is 0 Å². The van der Waals surface area contributed by atoms with Crippen molar-refractivity contribution in [3.8, 4) is 5.75 Å². The minimum atomic E-state index is -0.222. The van der Waals surface area contributed by atoms with Gasteiger partial charge in [0.15, 0.2) is 5.17 Å². The molecule has 0 aromatic heterocycles. The topological polar surface area (TPSA) is 53.4 Å². The van der Waals surface area contributed by atoms with E-state index in [1.165, 1.54) is 4.90 Å². The quantitative estimate of drug-likeness (QED) is 0.480. The summed E-state index contributed by atoms with van der Waals surface area (Å²) in [5.41, 5.74) is 3.39. The Morgan fingerprint density at radius 2 is 1.77 bits per heavy atom. The number of carbonyl (C=O) groups excluding carboxylic acids is 1. The third-order valence-electron chi connectivity index (χ3n) is 4.73. The molecule has 30 heavy (non-hydrogen) atoms. The highest BCUT2D eigenvalue weighted by molar-refractivity contribution is 8.19. The van der Waals surface area contributed by atoms with Crippen LogP contribution in [0.1, 0.15) is 16.7 Å². The Bertz CT molecular complexity index is 1130. The number of hydrogen-bond acceptors (Lipinski definition) is 4. The molecule has 0 saturated carbocycles. The number of amidine groups is 1. The summed E-state index contributed by atoms with van der Waals surface area (Å²) in [6, 6.07) is 22.9. The van der Waals surface area contributed by atoms with E-state index in [1.807, 2.05) is 61.5 Å². The van der Waals surface area contributed by atoms with Crippen LogP contribution in [0.3, 0.4) is 0 Å². The zero-order valence-corrected chi connectivity index (χ0v) is 17.8. The van der Waals surface area contributed by atoms with Gasteiger partial charge in [-0.1, -0.05) is 60.1 Å². The second kappa shape index (κ2) is 8.78. The summed E-state index contributed by atoms with van der Waals surface area (Å²) < 4.78 is 5.81. The number of benzene rings is 3. The first-order valence-corrected chi connectivity index (χ1v) is 10.6. The van der Waals surface area contributed by atoms with Gasteiger partial charge in [0.1, 0.15) is 12.4 Å². The third-order valence-corrected chi connectivity index (χ3v) is 6.03. The molecule has 1 saturated heterocycles. The molecule has 1 heterocycles. The van der Waals surface area contributed by atoms with Gasteiger partial charge in [0.05, 0.1) is 10.6 Å². The van der Waals surface area contributed by atoms with Crippen LogP contribution in [0, 0.1) is 12.3 Å². The third kappa shape index (κ3) is 4.27. The fourth-order valence-electron chi connectivity index (χ4n) is 3.10. The van der Waals surface area contributed by atoms with E-state index < -0.39 is 0 Å². The van der Waals surface area contributed by atoms with Crippen LogP contribution in [0.4, 0.5) is 5.69 Å². The van der Waals surface area contributed by atoms with Crippen LogP contribution in [-0.2, 0) is 11.4 Å². The number of nitrogens with one attached hydrogen (secondary N) is 1. The lowest BCUT2D eigenvalue weighted by atomic mass is 10.1. The Labute approximate surface area is 184 Å². The fourth-order valence-corrected chi connectivity index (χ4v) is 4.12. The van der Waals surface area contributed by atoms with E-state index in [4.69, 9.17) is 21.7 Å². The highest BCUT2D eigenvalue weighted by atomic mass is 35.5. The summed E-state index contributed by atoms with van der Waals surface area (Å²) in [6.07, 6.45) is 1.79. The van der Waals surface area contributed by atoms with Gasteiger partial charge < -0.3 is 4.74 Å². The first kappa shape index (κ1) is 20.3. The molecule has 1 aliphatic heterocycles. The molecule has 0 bridgehead atoms. The molecule has 150 valence electrons. The number of amides is 1. The molecule has 1 fully saturated rings. The molecule has 1 N–H and O–H groups in total. The second-order valence-corrected chi connectivity index (χ2v) is 8.22. The SMILES string of the molecule is Cc1c(Cl)cccc1N1C(=N)S/C(=C\c2ccc(OCc3ccccc3)cc2)C1=O. The average molecular weight is 435 g/mol. The molecule has 1 amide bonds. The molecule has 6 heteroatoms. The monoisotopic (exact) mass is 434 g/mol. The molecule has 0 atom stereocenters. The lowest BCUT2D eigenvalue weighted by molar-refractivity contribution is -0.113. The number of halogens is 1. The van der Waals surface area contributed by atoms with Gasteiger partial charge in [0, 0.05) is 5.02 Å². The zero-order chi connectivity index (χ0) is 21.1. The van der Waals surface area contributed by atoms with Crippen LogP contribution >= 0.6 is 23.4 Å². The number of anilines is 1. The summed E-state index contributed by atoms with van der Waals surface area (Å²) in [7, 11) is 0. The Morgan fingerprint density at radius 3 is 2.50 bits per heavy atom. The molecular weight excluding hydrogens is 416 g/mol. The van der Waals surface area contributed by atoms with Gasteiger partial charge in [0.25, 0.3) is 5.91 Å². The van der Waals surface area contributed by atoms with E-state index in [2.05, 4.69) is 0 Å². The number of thioether (sulfide) groups is 1. The molecule has 3 aromatic carbocycles. The van der Waals surface area contributed by atoms with Crippen molar-refractivity contribution in [1.82, 2.24) is 0 Å². The maximum absolute atomic E-state index is 12.9. The predicted molar refractivity (Wildman–Crippen MR) is 124 cm³/mol. The van der Waals surface area contributed by atoms with Crippen LogP contribution in [0.15, 0.2) is 77.7 Å². The highest BCUT2D eigenvalue weighted by Gasteiger charge is 2.34. The summed E-state index contributed by atoms with van der Waals surface area (Å²) in [5.74, 6) is 0.537. The molecule has 1 aliphatic rings. The van der Waals surface area contributed by atoms with Gasteiger partial charge >= 0.3 is 0 Å². The highest BCUT2D eigenvalue weighted by Crippen LogP contribution is 2.38. The summed E-state index contributed by atoms with van der Waals surface area (Å²) in [5, 5.41) is 9.01. The largest absolute Gasteiger partial charge is 0.489 e. The van der Waals surface area contributed by atoms with Crippen LogP contribution in [0.2, 0.25) is 5.02 Å². The number of carbonyl (C=O) groups is 1. The van der Waals surface area contributed by atoms with Crippen LogP contribution in [-0.4, -0.2) is 11.1 Å². The van der Waals surface area contributed by atoms with Gasteiger partial charge in [0.2, 0.25) is 0 Å². The van der Waals surface area contributed by atoms with Crippen molar-refractivity contribution < 1.29 is 9.53 Å². The summed E-state index contributed by atoms with van der Waals surface area (Å²) in [6.45, 7) is 2.35. The first-order valence-electron chi connectivity index (χ1n) is 9.37. The molecule has 4 nitrogen and oxygen atoms in total. The first-order chi connectivity index (χ1) is 14.5. The minimum Gasteiger partial charge on any atom is -0.489 e. The fraction of sp³-hybridized carbons (Fsp3) is 0.0833. The zero-order valence-electron chi connectivity index (χ0n) is 16.3. The molecule has 0 aliphatic carbocycles. The van der Waals surface area contributed by atoms with Crippen LogP contribution < -0.4 is 9.64 Å². The number of nitrogens with zero attached hydrogens (tertiary/aromatic N) is 1. The van der Waals surface area contributed by atoms with Gasteiger partial charge in [-0.15, -0.1) is 0 Å². The van der Waals surface area contributed by atoms with Crippen molar-refractivity contribution in [3.63, 3.8) is 0 Å². The molecule has 0 radical (unpaired) electrons. The Balaban J connectivity index is 1.49. The van der Waals surface area contributed by atoms with Gasteiger partial charge in [-0.2, -0.15) is 0 Å². The Morgan fingerprint density at radius 1 is 1.03 bits per heavy atom. The minimum absolute atomic E-state index is 0.166. The van der Waals surface area contributed by atoms with Crippen molar-refractivity contribution in [2.75, 3.05) is 4.90 Å². The maximum Gasteiger partial charge on any atom is 0.271 e. The lowest BCUT2D eigenvalue weighted by Gasteiger charge is -2.17. The molecule has 4 rings (SSSR count). The van der Waals surface area contributed by atoms with E-state index in [1.54, 1.807) is 24.3 Å². The van der Waals surface area contributed by atoms with Crippen molar-refractivity contribution in [1.29, 1.82) is 5.41 Å². The molecule has 0 spiro atoms. The normalized spacial score (nSPS) is 15.1. The van der Waals surface area contributed by atoms with Crippen molar-refractivity contribution >= 4 is 46.2 Å². The maximum atomic E-state index is 12.9. The predicted octanol–water partition coefficient (Wildman–Crippen LogP) is 6.28. The standard InChI is InChI=1S/C24H19ClN2O2S/c1-16-20(25)8-5-9-21(16)27-23(28)22(30-24(27)26)14-17-10-12-19(13-11-17)29-15-18-6-3-2-4-7-18/h2-14,26H,15H2,1H3/b22-14-,26-24?. The smallest absolute Gasteiger partial charge is 0.271 e. The summed E-state index contributed by atoms with van der Waals surface area (Å²) in [4.78, 5) is 14.8.